The number of aromatic carboxylic acids is 1. The van der Waals surface area contributed by atoms with Crippen molar-refractivity contribution in [3.63, 3.8) is 0 Å². The summed E-state index contributed by atoms with van der Waals surface area (Å²) >= 11 is 0. The predicted molar refractivity (Wildman–Crippen MR) is 120 cm³/mol. The number of hydrogen-bond acceptors (Lipinski definition) is 9. The molecule has 6 aromatic rings. The number of ether oxygens (including phenoxy) is 1. The van der Waals surface area contributed by atoms with Crippen molar-refractivity contribution in [2.45, 2.75) is 0 Å². The molecule has 0 saturated heterocycles. The van der Waals surface area contributed by atoms with Crippen molar-refractivity contribution in [2.24, 2.45) is 0 Å². The number of nitrogens with one attached hydrogen (secondary N) is 1. The van der Waals surface area contributed by atoms with E-state index in [0.29, 0.717) is 22.6 Å². The van der Waals surface area contributed by atoms with Gasteiger partial charge in [-0.2, -0.15) is 5.10 Å². The molecule has 0 unspecified atom stereocenters. The van der Waals surface area contributed by atoms with Crippen molar-refractivity contribution in [1.29, 1.82) is 0 Å². The number of aromatic amines is 1. The Hall–Kier alpha value is -5.26. The minimum atomic E-state index is -1.05. The van der Waals surface area contributed by atoms with Crippen LogP contribution in [-0.2, 0) is 0 Å². The number of hydrogen-bond donors (Lipinski definition) is 3. The Morgan fingerprint density at radius 1 is 1.12 bits per heavy atom. The summed E-state index contributed by atoms with van der Waals surface area (Å²) in [5.41, 5.74) is 9.19. The Bertz CT molecular complexity index is 1700. The Kier molecular flexibility index (Phi) is 4.23. The fourth-order valence-electron chi connectivity index (χ4n) is 3.67. The number of anilines is 1. The van der Waals surface area contributed by atoms with E-state index < -0.39 is 5.97 Å². The lowest BCUT2D eigenvalue weighted by molar-refractivity contribution is 0.0696. The first-order chi connectivity index (χ1) is 16.6. The number of nitrogens with zero attached hydrogens (tertiary/aromatic N) is 6. The molecule has 0 aliphatic carbocycles. The molecule has 4 heterocycles. The van der Waals surface area contributed by atoms with Gasteiger partial charge in [-0.1, -0.05) is 6.07 Å². The van der Waals surface area contributed by atoms with Crippen LogP contribution < -0.4 is 10.5 Å². The molecular weight excluding hydrogens is 440 g/mol. The van der Waals surface area contributed by atoms with Crippen LogP contribution in [0.15, 0.2) is 65.6 Å². The molecule has 0 spiro atoms. The summed E-state index contributed by atoms with van der Waals surface area (Å²) < 4.78 is 12.5. The van der Waals surface area contributed by atoms with E-state index in [0.717, 1.165) is 16.6 Å². The minimum Gasteiger partial charge on any atom is -0.478 e. The number of carbonyl (C=O) groups is 1. The third-order valence-corrected chi connectivity index (χ3v) is 5.23. The van der Waals surface area contributed by atoms with Crippen molar-refractivity contribution in [1.82, 2.24) is 35.0 Å². The zero-order chi connectivity index (χ0) is 23.2. The number of aromatic nitrogens is 7. The molecule has 12 nitrogen and oxygen atoms in total. The van der Waals surface area contributed by atoms with E-state index in [-0.39, 0.29) is 23.0 Å². The summed E-state index contributed by atoms with van der Waals surface area (Å²) in [5, 5.41) is 24.7. The first-order valence-electron chi connectivity index (χ1n) is 9.98. The summed E-state index contributed by atoms with van der Waals surface area (Å²) in [6.07, 6.45) is 3.26. The molecule has 2 aromatic carbocycles. The molecule has 4 aromatic heterocycles. The van der Waals surface area contributed by atoms with Gasteiger partial charge in [0.1, 0.15) is 11.3 Å². The molecular formula is C22H14N8O4. The van der Waals surface area contributed by atoms with Crippen LogP contribution in [0.25, 0.3) is 39.1 Å². The highest BCUT2D eigenvalue weighted by Gasteiger charge is 2.21. The first-order valence-corrected chi connectivity index (χ1v) is 9.98. The van der Waals surface area contributed by atoms with Crippen LogP contribution in [0.4, 0.5) is 5.82 Å². The van der Waals surface area contributed by atoms with E-state index in [1.54, 1.807) is 30.6 Å². The molecule has 0 amide bonds. The van der Waals surface area contributed by atoms with E-state index in [1.807, 2.05) is 22.8 Å². The molecule has 0 atom stereocenters. The second-order valence-electron chi connectivity index (χ2n) is 7.36. The third-order valence-electron chi connectivity index (χ3n) is 5.23. The lowest BCUT2D eigenvalue weighted by Crippen LogP contribution is -2.00. The van der Waals surface area contributed by atoms with Gasteiger partial charge in [0.25, 0.3) is 0 Å². The molecule has 0 aliphatic rings. The van der Waals surface area contributed by atoms with E-state index >= 15 is 0 Å². The van der Waals surface area contributed by atoms with Gasteiger partial charge < -0.3 is 15.6 Å². The molecule has 0 aliphatic heterocycles. The lowest BCUT2D eigenvalue weighted by Gasteiger charge is -2.09. The summed E-state index contributed by atoms with van der Waals surface area (Å²) in [6, 6.07) is 13.6. The Morgan fingerprint density at radius 2 is 2.03 bits per heavy atom. The average molecular weight is 454 g/mol. The van der Waals surface area contributed by atoms with Gasteiger partial charge in [-0.15, -0.1) is 0 Å². The van der Waals surface area contributed by atoms with Gasteiger partial charge >= 0.3 is 5.97 Å². The predicted octanol–water partition coefficient (Wildman–Crippen LogP) is 3.42. The zero-order valence-electron chi connectivity index (χ0n) is 17.2. The number of nitrogens with two attached hydrogens (primary N) is 1. The van der Waals surface area contributed by atoms with Crippen LogP contribution in [0, 0.1) is 0 Å². The number of nitrogen functional groups attached to an aromatic ring is 1. The molecule has 34 heavy (non-hydrogen) atoms. The highest BCUT2D eigenvalue weighted by Crippen LogP contribution is 2.33. The molecule has 6 rings (SSSR count). The molecule has 0 radical (unpaired) electrons. The lowest BCUT2D eigenvalue weighted by atomic mass is 10.2. The molecule has 4 N–H and O–H groups in total. The number of imidazole rings is 1. The van der Waals surface area contributed by atoms with Gasteiger partial charge in [-0.05, 0) is 46.7 Å². The topological polar surface area (TPSA) is 171 Å². The van der Waals surface area contributed by atoms with Gasteiger partial charge in [0.05, 0.1) is 29.0 Å². The Balaban J connectivity index is 1.53. The van der Waals surface area contributed by atoms with Crippen molar-refractivity contribution < 1.29 is 19.3 Å². The van der Waals surface area contributed by atoms with Crippen molar-refractivity contribution in [3.05, 3.63) is 66.5 Å². The Labute approximate surface area is 189 Å². The average Bonchev–Trinajstić information content (AvgIpc) is 3.56. The zero-order valence-corrected chi connectivity index (χ0v) is 17.2. The smallest absolute Gasteiger partial charge is 0.335 e. The quantitative estimate of drug-likeness (QED) is 0.350. The maximum absolute atomic E-state index is 11.3. The van der Waals surface area contributed by atoms with Crippen LogP contribution in [0.3, 0.4) is 0 Å². The maximum Gasteiger partial charge on any atom is 0.335 e. The first kappa shape index (κ1) is 19.4. The fourth-order valence-corrected chi connectivity index (χ4v) is 3.67. The normalized spacial score (nSPS) is 11.3. The van der Waals surface area contributed by atoms with E-state index in [9.17, 15) is 9.90 Å². The molecule has 12 heteroatoms. The fraction of sp³-hybridized carbons (Fsp3) is 0. The van der Waals surface area contributed by atoms with Gasteiger partial charge in [-0.3, -0.25) is 9.67 Å². The molecule has 166 valence electrons. The summed E-state index contributed by atoms with van der Waals surface area (Å²) in [5.74, 6) is 0.0329. The number of carboxylic acids is 1. The van der Waals surface area contributed by atoms with Gasteiger partial charge in [0.15, 0.2) is 17.3 Å². The standard InChI is InChI=1S/C22H14N8O4/c23-20-19(28-34-29-20)21-26-16-10-24-18(33-14-3-1-2-11(7-14)22(31)32)8-17(16)30(21)13-4-5-15-12(6-13)9-25-27-15/h1-10H,(H2,23,29)(H,25,27)(H,31,32). The van der Waals surface area contributed by atoms with Crippen LogP contribution in [0.5, 0.6) is 11.6 Å². The van der Waals surface area contributed by atoms with Crippen molar-refractivity contribution in [2.75, 3.05) is 5.73 Å². The van der Waals surface area contributed by atoms with Crippen LogP contribution in [0.1, 0.15) is 10.4 Å². The number of pyridine rings is 1. The molecule has 0 saturated carbocycles. The van der Waals surface area contributed by atoms with Crippen molar-refractivity contribution >= 4 is 33.7 Å². The summed E-state index contributed by atoms with van der Waals surface area (Å²) in [6.45, 7) is 0. The number of rotatable bonds is 5. The number of fused-ring (bicyclic) bond motifs is 2. The number of H-pyrrole nitrogens is 1. The van der Waals surface area contributed by atoms with Crippen molar-refractivity contribution in [3.8, 4) is 28.8 Å². The van der Waals surface area contributed by atoms with E-state index in [2.05, 4.69) is 30.5 Å². The summed E-state index contributed by atoms with van der Waals surface area (Å²) in [4.78, 5) is 20.2. The highest BCUT2D eigenvalue weighted by molar-refractivity contribution is 5.88. The second kappa shape index (κ2) is 7.41. The highest BCUT2D eigenvalue weighted by atomic mass is 16.6. The van der Waals surface area contributed by atoms with Crippen LogP contribution >= 0.6 is 0 Å². The monoisotopic (exact) mass is 454 g/mol. The number of benzene rings is 2. The molecule has 0 bridgehead atoms. The third kappa shape index (κ3) is 3.17. The van der Waals surface area contributed by atoms with E-state index in [1.165, 1.54) is 12.1 Å². The Morgan fingerprint density at radius 3 is 2.85 bits per heavy atom. The minimum absolute atomic E-state index is 0.0934. The van der Waals surface area contributed by atoms with E-state index in [4.69, 9.17) is 15.1 Å². The maximum atomic E-state index is 11.3. The largest absolute Gasteiger partial charge is 0.478 e. The molecule has 0 fully saturated rings. The van der Waals surface area contributed by atoms with Gasteiger partial charge in [0.2, 0.25) is 5.88 Å². The SMILES string of the molecule is Nc1nonc1-c1nc2cnc(Oc3cccc(C(=O)O)c3)cc2n1-c1ccc2[nH]ncc2c1. The van der Waals surface area contributed by atoms with Gasteiger partial charge in [0, 0.05) is 17.1 Å². The van der Waals surface area contributed by atoms with Gasteiger partial charge in [-0.25, -0.2) is 19.4 Å². The second-order valence-corrected chi connectivity index (χ2v) is 7.36. The van der Waals surface area contributed by atoms with Crippen LogP contribution in [0.2, 0.25) is 0 Å². The summed E-state index contributed by atoms with van der Waals surface area (Å²) in [7, 11) is 0. The van der Waals surface area contributed by atoms with Crippen LogP contribution in [-0.4, -0.2) is 46.1 Å². The number of carboxylic acid groups (broad SMARTS) is 1.